The number of piperazine rings is 1. The molecule has 0 aromatic rings. The van der Waals surface area contributed by atoms with Crippen LogP contribution < -0.4 is 0 Å². The number of hydrogen-bond acceptors (Lipinski definition) is 4. The van der Waals surface area contributed by atoms with Crippen molar-refractivity contribution in [2.24, 2.45) is 0 Å². The molecule has 1 rings (SSSR count). The quantitative estimate of drug-likeness (QED) is 0.653. The van der Waals surface area contributed by atoms with Crippen LogP contribution in [-0.2, 0) is 0 Å². The normalized spacial score (nSPS) is 19.9. The van der Waals surface area contributed by atoms with Gasteiger partial charge in [-0.2, -0.15) is 0 Å². The van der Waals surface area contributed by atoms with Crippen LogP contribution in [0.2, 0.25) is 0 Å². The SMILES string of the molecule is CCN(CC)CCN(C)N1CCN(C)CC1. The van der Waals surface area contributed by atoms with Gasteiger partial charge in [-0.25, -0.2) is 10.0 Å². The van der Waals surface area contributed by atoms with Gasteiger partial charge in [0.1, 0.15) is 0 Å². The van der Waals surface area contributed by atoms with Crippen molar-refractivity contribution in [2.75, 3.05) is 66.5 Å². The monoisotopic (exact) mass is 228 g/mol. The smallest absolute Gasteiger partial charge is 0.0261 e. The van der Waals surface area contributed by atoms with E-state index in [0.717, 1.165) is 19.6 Å². The van der Waals surface area contributed by atoms with E-state index < -0.39 is 0 Å². The second-order valence-electron chi connectivity index (χ2n) is 4.67. The van der Waals surface area contributed by atoms with Crippen LogP contribution in [0.4, 0.5) is 0 Å². The molecular weight excluding hydrogens is 200 g/mol. The zero-order chi connectivity index (χ0) is 12.0. The summed E-state index contributed by atoms with van der Waals surface area (Å²) in [6, 6.07) is 0. The first kappa shape index (κ1) is 13.9. The third kappa shape index (κ3) is 4.37. The summed E-state index contributed by atoms with van der Waals surface area (Å²) in [7, 11) is 4.42. The summed E-state index contributed by atoms with van der Waals surface area (Å²) in [4.78, 5) is 4.88. The van der Waals surface area contributed by atoms with Gasteiger partial charge < -0.3 is 9.80 Å². The van der Waals surface area contributed by atoms with E-state index in [1.807, 2.05) is 0 Å². The Morgan fingerprint density at radius 2 is 1.50 bits per heavy atom. The summed E-state index contributed by atoms with van der Waals surface area (Å²) in [6.45, 7) is 13.8. The Hall–Kier alpha value is -0.160. The van der Waals surface area contributed by atoms with Gasteiger partial charge in [0.15, 0.2) is 0 Å². The summed E-state index contributed by atoms with van der Waals surface area (Å²) in [6.07, 6.45) is 0. The first-order chi connectivity index (χ1) is 7.67. The van der Waals surface area contributed by atoms with E-state index >= 15 is 0 Å². The Labute approximate surface area is 101 Å². The van der Waals surface area contributed by atoms with Crippen molar-refractivity contribution >= 4 is 0 Å². The minimum Gasteiger partial charge on any atom is -0.304 e. The summed E-state index contributed by atoms with van der Waals surface area (Å²) >= 11 is 0. The standard InChI is InChI=1S/C12H28N4/c1-5-15(6-2)10-9-14(4)16-11-7-13(3)8-12-16/h5-12H2,1-4H3. The van der Waals surface area contributed by atoms with Crippen LogP contribution in [0, 0.1) is 0 Å². The molecule has 1 heterocycles. The molecular formula is C12H28N4. The molecule has 4 nitrogen and oxygen atoms in total. The summed E-state index contributed by atoms with van der Waals surface area (Å²) in [5.41, 5.74) is 0. The van der Waals surface area contributed by atoms with E-state index in [-0.39, 0.29) is 0 Å². The van der Waals surface area contributed by atoms with Crippen LogP contribution in [0.3, 0.4) is 0 Å². The lowest BCUT2D eigenvalue weighted by Gasteiger charge is -2.38. The number of likely N-dealkylation sites (N-methyl/N-ethyl adjacent to an activating group) is 3. The highest BCUT2D eigenvalue weighted by Gasteiger charge is 2.17. The van der Waals surface area contributed by atoms with Crippen molar-refractivity contribution in [3.05, 3.63) is 0 Å². The number of rotatable bonds is 6. The third-order valence-electron chi connectivity index (χ3n) is 3.60. The van der Waals surface area contributed by atoms with Gasteiger partial charge in [-0.1, -0.05) is 13.8 Å². The van der Waals surface area contributed by atoms with Crippen molar-refractivity contribution in [3.63, 3.8) is 0 Å². The average molecular weight is 228 g/mol. The van der Waals surface area contributed by atoms with Crippen molar-refractivity contribution in [2.45, 2.75) is 13.8 Å². The van der Waals surface area contributed by atoms with Crippen molar-refractivity contribution in [1.29, 1.82) is 0 Å². The minimum atomic E-state index is 1.14. The van der Waals surface area contributed by atoms with Gasteiger partial charge in [-0.15, -0.1) is 0 Å². The number of hydrazine groups is 1. The number of hydrogen-bond donors (Lipinski definition) is 0. The number of nitrogens with zero attached hydrogens (tertiary/aromatic N) is 4. The topological polar surface area (TPSA) is 13.0 Å². The molecule has 0 saturated carbocycles. The zero-order valence-corrected chi connectivity index (χ0v) is 11.4. The maximum Gasteiger partial charge on any atom is 0.0261 e. The van der Waals surface area contributed by atoms with Gasteiger partial charge >= 0.3 is 0 Å². The fourth-order valence-electron chi connectivity index (χ4n) is 2.10. The molecule has 1 saturated heterocycles. The van der Waals surface area contributed by atoms with Crippen LogP contribution in [-0.4, -0.2) is 86.3 Å². The molecule has 4 heteroatoms. The molecule has 0 aromatic heterocycles. The van der Waals surface area contributed by atoms with Gasteiger partial charge in [0.25, 0.3) is 0 Å². The van der Waals surface area contributed by atoms with Gasteiger partial charge in [0.2, 0.25) is 0 Å². The molecule has 96 valence electrons. The second kappa shape index (κ2) is 7.22. The predicted octanol–water partition coefficient (Wildman–Crippen LogP) is 0.422. The summed E-state index contributed by atoms with van der Waals surface area (Å²) in [5.74, 6) is 0. The van der Waals surface area contributed by atoms with Gasteiger partial charge in [-0.3, -0.25) is 0 Å². The Balaban J connectivity index is 2.21. The third-order valence-corrected chi connectivity index (χ3v) is 3.60. The molecule has 1 aliphatic heterocycles. The molecule has 1 fully saturated rings. The van der Waals surface area contributed by atoms with Crippen LogP contribution >= 0.6 is 0 Å². The molecule has 0 unspecified atom stereocenters. The van der Waals surface area contributed by atoms with Crippen LogP contribution in [0.1, 0.15) is 13.8 Å². The van der Waals surface area contributed by atoms with Gasteiger partial charge in [0, 0.05) is 46.3 Å². The van der Waals surface area contributed by atoms with E-state index in [1.165, 1.54) is 32.7 Å². The molecule has 0 aromatic carbocycles. The minimum absolute atomic E-state index is 1.14. The van der Waals surface area contributed by atoms with E-state index in [4.69, 9.17) is 0 Å². The summed E-state index contributed by atoms with van der Waals surface area (Å²) in [5, 5.41) is 4.87. The molecule has 0 spiro atoms. The maximum absolute atomic E-state index is 2.48. The summed E-state index contributed by atoms with van der Waals surface area (Å²) < 4.78 is 0. The van der Waals surface area contributed by atoms with Crippen molar-refractivity contribution in [3.8, 4) is 0 Å². The molecule has 1 aliphatic rings. The van der Waals surface area contributed by atoms with E-state index in [9.17, 15) is 0 Å². The maximum atomic E-state index is 2.48. The lowest BCUT2D eigenvalue weighted by Crippen LogP contribution is -2.52. The fraction of sp³-hybridized carbons (Fsp3) is 1.00. The van der Waals surface area contributed by atoms with Crippen molar-refractivity contribution < 1.29 is 0 Å². The average Bonchev–Trinajstić information content (AvgIpc) is 2.31. The predicted molar refractivity (Wildman–Crippen MR) is 69.5 cm³/mol. The zero-order valence-electron chi connectivity index (χ0n) is 11.4. The van der Waals surface area contributed by atoms with Crippen LogP contribution in [0.25, 0.3) is 0 Å². The van der Waals surface area contributed by atoms with Crippen molar-refractivity contribution in [1.82, 2.24) is 19.8 Å². The molecule has 0 aliphatic carbocycles. The molecule has 0 N–H and O–H groups in total. The highest BCUT2D eigenvalue weighted by Crippen LogP contribution is 2.02. The highest BCUT2D eigenvalue weighted by molar-refractivity contribution is 4.67. The van der Waals surface area contributed by atoms with E-state index in [1.54, 1.807) is 0 Å². The largest absolute Gasteiger partial charge is 0.304 e. The lowest BCUT2D eigenvalue weighted by molar-refractivity contribution is -0.0373. The van der Waals surface area contributed by atoms with Crippen LogP contribution in [0.15, 0.2) is 0 Å². The molecule has 16 heavy (non-hydrogen) atoms. The fourth-order valence-corrected chi connectivity index (χ4v) is 2.10. The Morgan fingerprint density at radius 1 is 0.938 bits per heavy atom. The Bertz CT molecular complexity index is 174. The molecule has 0 atom stereocenters. The molecule has 0 amide bonds. The lowest BCUT2D eigenvalue weighted by atomic mass is 10.4. The van der Waals surface area contributed by atoms with E-state index in [2.05, 4.69) is 47.8 Å². The first-order valence-corrected chi connectivity index (χ1v) is 6.54. The van der Waals surface area contributed by atoms with Gasteiger partial charge in [0.05, 0.1) is 0 Å². The highest BCUT2D eigenvalue weighted by atomic mass is 15.6. The Kier molecular flexibility index (Phi) is 6.28. The second-order valence-corrected chi connectivity index (χ2v) is 4.67. The molecule has 0 radical (unpaired) electrons. The van der Waals surface area contributed by atoms with Crippen LogP contribution in [0.5, 0.6) is 0 Å². The Morgan fingerprint density at radius 3 is 2.00 bits per heavy atom. The van der Waals surface area contributed by atoms with Gasteiger partial charge in [-0.05, 0) is 20.1 Å². The molecule has 0 bridgehead atoms. The van der Waals surface area contributed by atoms with E-state index in [0.29, 0.717) is 0 Å². The first-order valence-electron chi connectivity index (χ1n) is 6.54.